The summed E-state index contributed by atoms with van der Waals surface area (Å²) in [6, 6.07) is 6.41. The van der Waals surface area contributed by atoms with Crippen LogP contribution < -0.4 is 0 Å². The fraction of sp³-hybridized carbons (Fsp3) is 0.250. The summed E-state index contributed by atoms with van der Waals surface area (Å²) in [5.74, 6) is -0.0544. The van der Waals surface area contributed by atoms with Crippen LogP contribution in [-0.2, 0) is 6.42 Å². The summed E-state index contributed by atoms with van der Waals surface area (Å²) in [4.78, 5) is 0. The van der Waals surface area contributed by atoms with Crippen LogP contribution in [0.2, 0.25) is 6.04 Å². The molecule has 11 heavy (non-hydrogen) atoms. The molecule has 0 fully saturated rings. The zero-order valence-corrected chi connectivity index (χ0v) is 10.6. The van der Waals surface area contributed by atoms with Gasteiger partial charge in [-0.3, -0.25) is 0 Å². The second-order valence-corrected chi connectivity index (χ2v) is 4.73. The molecule has 0 saturated heterocycles. The first kappa shape index (κ1) is 9.19. The third-order valence-corrected chi connectivity index (χ3v) is 2.70. The smallest absolute Gasteiger partial charge is 0.126 e. The Morgan fingerprint density at radius 3 is 2.82 bits per heavy atom. The highest BCUT2D eigenvalue weighted by molar-refractivity contribution is 14.1. The Bertz CT molecular complexity index is 250. The molecule has 0 aliphatic carbocycles. The van der Waals surface area contributed by atoms with Gasteiger partial charge in [0.05, 0.1) is 0 Å². The standard InChI is InChI=1S/C8H10FISi/c9-8-2-1-7(10)5-6(8)3-4-11/h1-2,5H,3-4H2,11H3. The monoisotopic (exact) mass is 280 g/mol. The Kier molecular flexibility index (Phi) is 3.51. The second-order valence-electron chi connectivity index (χ2n) is 2.49. The SMILES string of the molecule is Fc1ccc(I)cc1CC[SiH3]. The summed E-state index contributed by atoms with van der Waals surface area (Å²) in [6.45, 7) is 0. The lowest BCUT2D eigenvalue weighted by atomic mass is 10.2. The van der Waals surface area contributed by atoms with Gasteiger partial charge < -0.3 is 0 Å². The van der Waals surface area contributed by atoms with Gasteiger partial charge in [-0.05, 0) is 52.8 Å². The van der Waals surface area contributed by atoms with Gasteiger partial charge in [-0.2, -0.15) is 0 Å². The van der Waals surface area contributed by atoms with Crippen LogP contribution >= 0.6 is 22.6 Å². The van der Waals surface area contributed by atoms with Crippen molar-refractivity contribution in [2.75, 3.05) is 0 Å². The lowest BCUT2D eigenvalue weighted by Gasteiger charge is -2.00. The largest absolute Gasteiger partial charge is 0.207 e. The van der Waals surface area contributed by atoms with E-state index in [9.17, 15) is 4.39 Å². The van der Waals surface area contributed by atoms with Crippen molar-refractivity contribution < 1.29 is 4.39 Å². The van der Waals surface area contributed by atoms with Crippen molar-refractivity contribution in [1.29, 1.82) is 0 Å². The van der Waals surface area contributed by atoms with Crippen LogP contribution in [0.3, 0.4) is 0 Å². The van der Waals surface area contributed by atoms with Gasteiger partial charge in [-0.25, -0.2) is 4.39 Å². The number of benzene rings is 1. The first-order chi connectivity index (χ1) is 5.24. The lowest BCUT2D eigenvalue weighted by molar-refractivity contribution is 0.612. The van der Waals surface area contributed by atoms with Crippen LogP contribution in [0.5, 0.6) is 0 Å². The molecule has 0 nitrogen and oxygen atoms in total. The highest BCUT2D eigenvalue weighted by Crippen LogP contribution is 2.13. The molecule has 0 radical (unpaired) electrons. The van der Waals surface area contributed by atoms with E-state index in [-0.39, 0.29) is 5.82 Å². The first-order valence-electron chi connectivity index (χ1n) is 3.68. The lowest BCUT2D eigenvalue weighted by Crippen LogP contribution is -1.90. The van der Waals surface area contributed by atoms with Crippen LogP contribution in [0.1, 0.15) is 5.56 Å². The topological polar surface area (TPSA) is 0 Å². The van der Waals surface area contributed by atoms with Gasteiger partial charge in [0, 0.05) is 13.8 Å². The van der Waals surface area contributed by atoms with Crippen molar-refractivity contribution >= 4 is 32.8 Å². The van der Waals surface area contributed by atoms with E-state index in [1.807, 2.05) is 6.07 Å². The van der Waals surface area contributed by atoms with E-state index in [4.69, 9.17) is 0 Å². The average Bonchev–Trinajstić information content (AvgIpc) is 1.98. The van der Waals surface area contributed by atoms with E-state index in [1.165, 1.54) is 0 Å². The summed E-state index contributed by atoms with van der Waals surface area (Å²) in [5, 5.41) is 0. The van der Waals surface area contributed by atoms with E-state index >= 15 is 0 Å². The van der Waals surface area contributed by atoms with E-state index in [1.54, 1.807) is 12.1 Å². The molecule has 1 aromatic carbocycles. The Hall–Kier alpha value is 0.0969. The van der Waals surface area contributed by atoms with Gasteiger partial charge in [0.25, 0.3) is 0 Å². The minimum atomic E-state index is -0.0544. The highest BCUT2D eigenvalue weighted by atomic mass is 127. The summed E-state index contributed by atoms with van der Waals surface area (Å²) in [7, 11) is 1.15. The van der Waals surface area contributed by atoms with Crippen LogP contribution in [0, 0.1) is 9.39 Å². The summed E-state index contributed by atoms with van der Waals surface area (Å²) >= 11 is 2.21. The van der Waals surface area contributed by atoms with E-state index in [0.717, 1.165) is 31.8 Å². The van der Waals surface area contributed by atoms with E-state index in [0.29, 0.717) is 0 Å². The number of halogens is 2. The molecule has 3 heteroatoms. The molecule has 60 valence electrons. The predicted molar refractivity (Wildman–Crippen MR) is 57.6 cm³/mol. The maximum absolute atomic E-state index is 13.0. The Morgan fingerprint density at radius 1 is 1.45 bits per heavy atom. The first-order valence-corrected chi connectivity index (χ1v) is 6.17. The molecule has 0 heterocycles. The highest BCUT2D eigenvalue weighted by Gasteiger charge is 1.99. The molecule has 0 aromatic heterocycles. The molecular formula is C8H10FISi. The minimum Gasteiger partial charge on any atom is -0.207 e. The third-order valence-electron chi connectivity index (χ3n) is 1.53. The van der Waals surface area contributed by atoms with E-state index in [2.05, 4.69) is 22.6 Å². The zero-order valence-electron chi connectivity index (χ0n) is 6.40. The molecule has 1 rings (SSSR count). The fourth-order valence-corrected chi connectivity index (χ4v) is 2.10. The van der Waals surface area contributed by atoms with Crippen LogP contribution in [0.15, 0.2) is 18.2 Å². The van der Waals surface area contributed by atoms with Gasteiger partial charge in [-0.15, -0.1) is 0 Å². The molecule has 0 saturated carbocycles. The number of aryl methyl sites for hydroxylation is 1. The summed E-state index contributed by atoms with van der Waals surface area (Å²) in [5.41, 5.74) is 0.868. The van der Waals surface area contributed by atoms with Gasteiger partial charge in [0.2, 0.25) is 0 Å². The van der Waals surface area contributed by atoms with Crippen molar-refractivity contribution in [1.82, 2.24) is 0 Å². The van der Waals surface area contributed by atoms with Gasteiger partial charge in [-0.1, -0.05) is 6.04 Å². The average molecular weight is 280 g/mol. The Balaban J connectivity index is 2.93. The zero-order chi connectivity index (χ0) is 8.27. The molecule has 0 aliphatic rings. The maximum atomic E-state index is 13.0. The molecule has 0 N–H and O–H groups in total. The molecule has 0 unspecified atom stereocenters. The van der Waals surface area contributed by atoms with Crippen molar-refractivity contribution in [2.45, 2.75) is 12.5 Å². The van der Waals surface area contributed by atoms with Crippen LogP contribution in [0.4, 0.5) is 4.39 Å². The summed E-state index contributed by atoms with van der Waals surface area (Å²) in [6.07, 6.45) is 0.898. The molecule has 1 aromatic rings. The Labute approximate surface area is 82.8 Å². The molecule has 0 spiro atoms. The quantitative estimate of drug-likeness (QED) is 0.572. The predicted octanol–water partition coefficient (Wildman–Crippen LogP) is 1.76. The van der Waals surface area contributed by atoms with Gasteiger partial charge in [0.15, 0.2) is 0 Å². The van der Waals surface area contributed by atoms with Crippen LogP contribution in [-0.4, -0.2) is 10.2 Å². The van der Waals surface area contributed by atoms with Crippen molar-refractivity contribution in [3.63, 3.8) is 0 Å². The van der Waals surface area contributed by atoms with Gasteiger partial charge in [0.1, 0.15) is 5.82 Å². The molecule has 0 amide bonds. The summed E-state index contributed by atoms with van der Waals surface area (Å²) < 4.78 is 14.1. The van der Waals surface area contributed by atoms with Crippen LogP contribution in [0.25, 0.3) is 0 Å². The van der Waals surface area contributed by atoms with Crippen molar-refractivity contribution in [3.8, 4) is 0 Å². The third kappa shape index (κ3) is 2.55. The number of rotatable bonds is 2. The normalized spacial score (nSPS) is 10.4. The minimum absolute atomic E-state index is 0.0544. The van der Waals surface area contributed by atoms with Crippen molar-refractivity contribution in [2.24, 2.45) is 0 Å². The molecule has 0 atom stereocenters. The van der Waals surface area contributed by atoms with Crippen molar-refractivity contribution in [3.05, 3.63) is 33.1 Å². The Morgan fingerprint density at radius 2 is 2.18 bits per heavy atom. The fourth-order valence-electron chi connectivity index (χ4n) is 1.00. The molecule has 0 aliphatic heterocycles. The van der Waals surface area contributed by atoms with Gasteiger partial charge >= 0.3 is 0 Å². The molecule has 0 bridgehead atoms. The number of hydrogen-bond donors (Lipinski definition) is 0. The van der Waals surface area contributed by atoms with E-state index < -0.39 is 0 Å². The number of hydrogen-bond acceptors (Lipinski definition) is 0. The molecular weight excluding hydrogens is 270 g/mol. The second kappa shape index (κ2) is 4.20. The maximum Gasteiger partial charge on any atom is 0.126 e.